The maximum Gasteiger partial charge on any atom is 0.353 e. The van der Waals surface area contributed by atoms with E-state index < -0.39 is 0 Å². The molecule has 4 aromatic rings. The Hall–Kier alpha value is -3.49. The van der Waals surface area contributed by atoms with Crippen LogP contribution in [0.5, 0.6) is 6.01 Å². The van der Waals surface area contributed by atoms with Gasteiger partial charge in [0.1, 0.15) is 12.0 Å². The predicted octanol–water partition coefficient (Wildman–Crippen LogP) is 1.19. The second kappa shape index (κ2) is 5.86. The van der Waals surface area contributed by atoms with Crippen molar-refractivity contribution in [3.8, 4) is 17.4 Å². The Morgan fingerprint density at radius 1 is 1.12 bits per heavy atom. The molecule has 0 saturated heterocycles. The smallest absolute Gasteiger partial charge is 0.353 e. The summed E-state index contributed by atoms with van der Waals surface area (Å²) in [5.74, 6) is 0. The lowest BCUT2D eigenvalue weighted by molar-refractivity contribution is 0.355. The van der Waals surface area contributed by atoms with Crippen LogP contribution in [0.2, 0.25) is 0 Å². The van der Waals surface area contributed by atoms with Gasteiger partial charge in [0.25, 0.3) is 0 Å². The quantitative estimate of drug-likeness (QED) is 0.555. The van der Waals surface area contributed by atoms with Crippen molar-refractivity contribution in [1.29, 1.82) is 0 Å². The van der Waals surface area contributed by atoms with Crippen LogP contribution in [0, 0.1) is 0 Å². The van der Waals surface area contributed by atoms with Gasteiger partial charge in [-0.15, -0.1) is 5.10 Å². The monoisotopic (exact) mass is 337 g/mol. The van der Waals surface area contributed by atoms with Crippen molar-refractivity contribution in [2.24, 2.45) is 0 Å². The maximum absolute atomic E-state index is 12.5. The number of ether oxygens (including phenoxy) is 1. The first kappa shape index (κ1) is 15.1. The fourth-order valence-corrected chi connectivity index (χ4v) is 2.65. The molecule has 4 rings (SSSR count). The molecule has 9 heteroatoms. The minimum atomic E-state index is -0.248. The Morgan fingerprint density at radius 3 is 2.60 bits per heavy atom. The van der Waals surface area contributed by atoms with Gasteiger partial charge in [-0.2, -0.15) is 9.78 Å². The van der Waals surface area contributed by atoms with Gasteiger partial charge in [0, 0.05) is 18.1 Å². The number of methoxy groups -OCH3 is 1. The normalized spacial score (nSPS) is 11.1. The van der Waals surface area contributed by atoms with Crippen molar-refractivity contribution in [2.45, 2.75) is 13.5 Å². The molecule has 0 bridgehead atoms. The van der Waals surface area contributed by atoms with Crippen molar-refractivity contribution in [3.05, 3.63) is 53.6 Å². The summed E-state index contributed by atoms with van der Waals surface area (Å²) in [6.07, 6.45) is 6.68. The predicted molar refractivity (Wildman–Crippen MR) is 90.3 cm³/mol. The number of fused-ring (bicyclic) bond motifs is 1. The topological polar surface area (TPSA) is 92.7 Å². The molecular formula is C16H15N7O2. The number of benzene rings is 1. The SMILES string of the molecule is CCn1c(OC)nn(-c2ccc3nn(-c4cncnc4)cc3c2)c1=O. The number of rotatable bonds is 4. The van der Waals surface area contributed by atoms with E-state index in [4.69, 9.17) is 4.74 Å². The first-order chi connectivity index (χ1) is 12.2. The van der Waals surface area contributed by atoms with Gasteiger partial charge in [0.2, 0.25) is 0 Å². The molecule has 0 atom stereocenters. The van der Waals surface area contributed by atoms with Crippen molar-refractivity contribution < 1.29 is 4.74 Å². The molecule has 1 aromatic carbocycles. The van der Waals surface area contributed by atoms with Crippen molar-refractivity contribution in [2.75, 3.05) is 7.11 Å². The zero-order chi connectivity index (χ0) is 17.4. The third-order valence-electron chi connectivity index (χ3n) is 3.87. The highest BCUT2D eigenvalue weighted by atomic mass is 16.5. The van der Waals surface area contributed by atoms with Crippen LogP contribution in [0.15, 0.2) is 47.9 Å². The Balaban J connectivity index is 1.82. The molecule has 0 spiro atoms. The lowest BCUT2D eigenvalue weighted by Crippen LogP contribution is -2.23. The molecule has 3 heterocycles. The van der Waals surface area contributed by atoms with Gasteiger partial charge in [-0.3, -0.25) is 0 Å². The Bertz CT molecular complexity index is 1090. The third-order valence-corrected chi connectivity index (χ3v) is 3.87. The van der Waals surface area contributed by atoms with E-state index in [9.17, 15) is 4.79 Å². The van der Waals surface area contributed by atoms with E-state index in [0.29, 0.717) is 12.2 Å². The highest BCUT2D eigenvalue weighted by Crippen LogP contribution is 2.19. The van der Waals surface area contributed by atoms with Crippen LogP contribution in [0.25, 0.3) is 22.3 Å². The molecule has 0 fully saturated rings. The third kappa shape index (κ3) is 2.45. The van der Waals surface area contributed by atoms with Gasteiger partial charge >= 0.3 is 11.7 Å². The molecule has 9 nitrogen and oxygen atoms in total. The minimum absolute atomic E-state index is 0.248. The first-order valence-electron chi connectivity index (χ1n) is 7.70. The van der Waals surface area contributed by atoms with E-state index in [-0.39, 0.29) is 11.7 Å². The van der Waals surface area contributed by atoms with Crippen molar-refractivity contribution >= 4 is 10.9 Å². The second-order valence-corrected chi connectivity index (χ2v) is 5.34. The van der Waals surface area contributed by atoms with E-state index in [1.165, 1.54) is 22.7 Å². The minimum Gasteiger partial charge on any atom is -0.467 e. The van der Waals surface area contributed by atoms with Crippen LogP contribution in [-0.2, 0) is 6.54 Å². The van der Waals surface area contributed by atoms with Crippen LogP contribution < -0.4 is 10.4 Å². The van der Waals surface area contributed by atoms with Gasteiger partial charge in [-0.1, -0.05) is 0 Å². The first-order valence-corrected chi connectivity index (χ1v) is 7.70. The zero-order valence-electron chi connectivity index (χ0n) is 13.7. The summed E-state index contributed by atoms with van der Waals surface area (Å²) in [5.41, 5.74) is 1.95. The average molecular weight is 337 g/mol. The second-order valence-electron chi connectivity index (χ2n) is 5.34. The molecule has 0 amide bonds. The summed E-state index contributed by atoms with van der Waals surface area (Å²) >= 11 is 0. The fourth-order valence-electron chi connectivity index (χ4n) is 2.65. The standard InChI is InChI=1S/C16H15N7O2/c1-3-21-15(25-2)20-23(16(21)24)12-4-5-14-11(6-12)9-22(19-14)13-7-17-10-18-8-13/h4-10H,3H2,1-2H3. The lowest BCUT2D eigenvalue weighted by Gasteiger charge is -1.98. The summed E-state index contributed by atoms with van der Waals surface area (Å²) in [5, 5.41) is 9.61. The van der Waals surface area contributed by atoms with Gasteiger partial charge < -0.3 is 4.74 Å². The molecule has 0 aliphatic carbocycles. The summed E-state index contributed by atoms with van der Waals surface area (Å²) < 4.78 is 9.66. The Kier molecular flexibility index (Phi) is 3.53. The van der Waals surface area contributed by atoms with Crippen LogP contribution in [0.1, 0.15) is 6.92 Å². The molecule has 0 aliphatic rings. The highest BCUT2D eigenvalue weighted by Gasteiger charge is 2.14. The van der Waals surface area contributed by atoms with Crippen molar-refractivity contribution in [1.82, 2.24) is 34.1 Å². The molecule has 0 aliphatic heterocycles. The van der Waals surface area contributed by atoms with Crippen LogP contribution in [0.3, 0.4) is 0 Å². The lowest BCUT2D eigenvalue weighted by atomic mass is 10.2. The molecule has 0 saturated carbocycles. The van der Waals surface area contributed by atoms with Crippen molar-refractivity contribution in [3.63, 3.8) is 0 Å². The number of hydrogen-bond donors (Lipinski definition) is 0. The molecule has 0 radical (unpaired) electrons. The number of nitrogens with zero attached hydrogens (tertiary/aromatic N) is 7. The zero-order valence-corrected chi connectivity index (χ0v) is 13.7. The van der Waals surface area contributed by atoms with Crippen LogP contribution >= 0.6 is 0 Å². The molecule has 3 aromatic heterocycles. The van der Waals surface area contributed by atoms with E-state index in [2.05, 4.69) is 20.2 Å². The van der Waals surface area contributed by atoms with Crippen LogP contribution in [0.4, 0.5) is 0 Å². The highest BCUT2D eigenvalue weighted by molar-refractivity contribution is 5.80. The summed E-state index contributed by atoms with van der Waals surface area (Å²) in [7, 11) is 1.49. The average Bonchev–Trinajstić information content (AvgIpc) is 3.22. The van der Waals surface area contributed by atoms with Gasteiger partial charge in [0.05, 0.1) is 30.7 Å². The molecule has 0 unspecified atom stereocenters. The summed E-state index contributed by atoms with van der Waals surface area (Å²) in [4.78, 5) is 20.5. The van der Waals surface area contributed by atoms with Gasteiger partial charge in [-0.05, 0) is 25.1 Å². The Morgan fingerprint density at radius 2 is 1.92 bits per heavy atom. The van der Waals surface area contributed by atoms with Gasteiger partial charge in [0.15, 0.2) is 0 Å². The summed E-state index contributed by atoms with van der Waals surface area (Å²) in [6, 6.07) is 5.78. The molecular weight excluding hydrogens is 322 g/mol. The van der Waals surface area contributed by atoms with E-state index >= 15 is 0 Å². The molecule has 25 heavy (non-hydrogen) atoms. The largest absolute Gasteiger partial charge is 0.467 e. The van der Waals surface area contributed by atoms with Crippen LogP contribution in [-0.4, -0.2) is 41.2 Å². The van der Waals surface area contributed by atoms with E-state index in [1.807, 2.05) is 25.3 Å². The van der Waals surface area contributed by atoms with E-state index in [1.54, 1.807) is 23.1 Å². The van der Waals surface area contributed by atoms with Gasteiger partial charge in [-0.25, -0.2) is 24.0 Å². The number of hydrogen-bond acceptors (Lipinski definition) is 6. The Labute approximate surface area is 142 Å². The molecule has 126 valence electrons. The maximum atomic E-state index is 12.5. The summed E-state index contributed by atoms with van der Waals surface area (Å²) in [6.45, 7) is 2.35. The fraction of sp³-hybridized carbons (Fsp3) is 0.188. The molecule has 0 N–H and O–H groups in total. The number of aromatic nitrogens is 7. The van der Waals surface area contributed by atoms with E-state index in [0.717, 1.165) is 16.6 Å².